The summed E-state index contributed by atoms with van der Waals surface area (Å²) in [5, 5.41) is 18.7. The fraction of sp³-hybridized carbons (Fsp3) is 0.385. The average molecular weight is 261 g/mol. The smallest absolute Gasteiger partial charge is 0.423 e. The first-order chi connectivity index (χ1) is 8.24. The molecule has 0 heterocycles. The van der Waals surface area contributed by atoms with Gasteiger partial charge in [-0.1, -0.05) is 25.6 Å². The Balaban J connectivity index is 3.29. The standard InChI is InChI=1S/C13H20BNO2Si/c1-10-12(9-15)7-11(5-6-18(2,3)4)8-13(10)14(16)17/h7-8,16-17H,9,15H2,1-4H3. The van der Waals surface area contributed by atoms with Crippen LogP contribution in [0.3, 0.4) is 0 Å². The fourth-order valence-electron chi connectivity index (χ4n) is 1.61. The molecular formula is C13H20BNO2Si. The number of hydrogen-bond acceptors (Lipinski definition) is 3. The Bertz CT molecular complexity index is 498. The SMILES string of the molecule is Cc1c(CN)cc(C#C[Si](C)(C)C)cc1B(O)O. The Labute approximate surface area is 110 Å². The van der Waals surface area contributed by atoms with Crippen LogP contribution in [0.1, 0.15) is 16.7 Å². The molecule has 0 bridgehead atoms. The van der Waals surface area contributed by atoms with Crippen molar-refractivity contribution in [1.29, 1.82) is 0 Å². The molecule has 1 aromatic rings. The van der Waals surface area contributed by atoms with Crippen LogP contribution in [0.25, 0.3) is 0 Å². The van der Waals surface area contributed by atoms with Gasteiger partial charge in [0.25, 0.3) is 0 Å². The van der Waals surface area contributed by atoms with E-state index in [-0.39, 0.29) is 0 Å². The van der Waals surface area contributed by atoms with Crippen molar-refractivity contribution < 1.29 is 10.0 Å². The van der Waals surface area contributed by atoms with Crippen molar-refractivity contribution in [3.8, 4) is 11.5 Å². The highest BCUT2D eigenvalue weighted by Crippen LogP contribution is 2.09. The zero-order valence-electron chi connectivity index (χ0n) is 11.4. The maximum Gasteiger partial charge on any atom is 0.488 e. The van der Waals surface area contributed by atoms with Crippen molar-refractivity contribution in [2.45, 2.75) is 33.1 Å². The van der Waals surface area contributed by atoms with Crippen molar-refractivity contribution >= 4 is 20.7 Å². The van der Waals surface area contributed by atoms with E-state index in [1.807, 2.05) is 13.0 Å². The second-order valence-corrected chi connectivity index (χ2v) is 10.2. The Hall–Kier alpha value is -1.06. The van der Waals surface area contributed by atoms with Gasteiger partial charge in [0, 0.05) is 12.1 Å². The van der Waals surface area contributed by atoms with Crippen molar-refractivity contribution in [1.82, 2.24) is 0 Å². The number of rotatable bonds is 2. The van der Waals surface area contributed by atoms with E-state index in [1.54, 1.807) is 6.07 Å². The summed E-state index contributed by atoms with van der Waals surface area (Å²) in [6.07, 6.45) is 0. The van der Waals surface area contributed by atoms with Crippen LogP contribution in [-0.4, -0.2) is 25.2 Å². The van der Waals surface area contributed by atoms with Crippen LogP contribution in [0.5, 0.6) is 0 Å². The van der Waals surface area contributed by atoms with Crippen LogP contribution < -0.4 is 11.2 Å². The van der Waals surface area contributed by atoms with Crippen LogP contribution >= 0.6 is 0 Å². The molecule has 0 amide bonds. The Morgan fingerprint density at radius 1 is 1.28 bits per heavy atom. The summed E-state index contributed by atoms with van der Waals surface area (Å²) < 4.78 is 0. The van der Waals surface area contributed by atoms with E-state index in [9.17, 15) is 10.0 Å². The molecule has 0 aliphatic rings. The van der Waals surface area contributed by atoms with Gasteiger partial charge in [-0.05, 0) is 35.6 Å². The molecular weight excluding hydrogens is 241 g/mol. The molecule has 0 saturated heterocycles. The Morgan fingerprint density at radius 3 is 2.33 bits per heavy atom. The molecule has 0 fully saturated rings. The van der Waals surface area contributed by atoms with Crippen LogP contribution in [-0.2, 0) is 6.54 Å². The van der Waals surface area contributed by atoms with E-state index in [0.717, 1.165) is 16.7 Å². The van der Waals surface area contributed by atoms with Crippen LogP contribution in [0.4, 0.5) is 0 Å². The predicted octanol–water partition coefficient (Wildman–Crippen LogP) is 0.362. The van der Waals surface area contributed by atoms with Gasteiger partial charge in [0.15, 0.2) is 0 Å². The third kappa shape index (κ3) is 4.00. The molecule has 0 spiro atoms. The summed E-state index contributed by atoms with van der Waals surface area (Å²) in [5.74, 6) is 3.12. The van der Waals surface area contributed by atoms with Gasteiger partial charge in [-0.3, -0.25) is 0 Å². The zero-order valence-corrected chi connectivity index (χ0v) is 12.4. The molecule has 0 saturated carbocycles. The topological polar surface area (TPSA) is 66.5 Å². The zero-order chi connectivity index (χ0) is 13.9. The lowest BCUT2D eigenvalue weighted by molar-refractivity contribution is 0.425. The average Bonchev–Trinajstić information content (AvgIpc) is 2.26. The summed E-state index contributed by atoms with van der Waals surface area (Å²) in [6, 6.07) is 3.65. The molecule has 1 rings (SSSR count). The fourth-order valence-corrected chi connectivity index (χ4v) is 2.13. The third-order valence-electron chi connectivity index (χ3n) is 2.64. The van der Waals surface area contributed by atoms with Gasteiger partial charge in [-0.2, -0.15) is 0 Å². The van der Waals surface area contributed by atoms with Gasteiger partial charge in [-0.25, -0.2) is 0 Å². The number of nitrogens with two attached hydrogens (primary N) is 1. The van der Waals surface area contributed by atoms with Gasteiger partial charge in [0.2, 0.25) is 0 Å². The first-order valence-electron chi connectivity index (χ1n) is 5.97. The number of benzene rings is 1. The summed E-state index contributed by atoms with van der Waals surface area (Å²) in [4.78, 5) is 0. The van der Waals surface area contributed by atoms with Crippen molar-refractivity contribution in [2.24, 2.45) is 5.73 Å². The molecule has 96 valence electrons. The van der Waals surface area contributed by atoms with E-state index in [4.69, 9.17) is 5.73 Å². The predicted molar refractivity (Wildman–Crippen MR) is 79.1 cm³/mol. The van der Waals surface area contributed by atoms with Gasteiger partial charge >= 0.3 is 7.12 Å². The Kier molecular flexibility index (Phi) is 4.77. The maximum absolute atomic E-state index is 9.35. The molecule has 0 aromatic heterocycles. The van der Waals surface area contributed by atoms with Gasteiger partial charge in [-0.15, -0.1) is 5.54 Å². The van der Waals surface area contributed by atoms with Crippen LogP contribution in [0.15, 0.2) is 12.1 Å². The minimum atomic E-state index is -1.48. The first kappa shape index (κ1) is 15.0. The normalized spacial score (nSPS) is 10.8. The molecule has 0 radical (unpaired) electrons. The highest BCUT2D eigenvalue weighted by atomic mass is 28.3. The largest absolute Gasteiger partial charge is 0.488 e. The highest BCUT2D eigenvalue weighted by molar-refractivity contribution is 6.83. The van der Waals surface area contributed by atoms with Crippen molar-refractivity contribution in [2.75, 3.05) is 0 Å². The molecule has 0 atom stereocenters. The van der Waals surface area contributed by atoms with Crippen molar-refractivity contribution in [3.63, 3.8) is 0 Å². The molecule has 18 heavy (non-hydrogen) atoms. The third-order valence-corrected chi connectivity index (χ3v) is 3.51. The summed E-state index contributed by atoms with van der Waals surface area (Å²) in [7, 11) is -2.93. The van der Waals surface area contributed by atoms with Crippen LogP contribution in [0.2, 0.25) is 19.6 Å². The molecule has 0 aliphatic carbocycles. The second-order valence-electron chi connectivity index (χ2n) is 5.43. The lowest BCUT2D eigenvalue weighted by Gasteiger charge is -2.11. The summed E-state index contributed by atoms with van der Waals surface area (Å²) in [6.45, 7) is 8.71. The quantitative estimate of drug-likeness (QED) is 0.532. The molecule has 5 heteroatoms. The van der Waals surface area contributed by atoms with Crippen molar-refractivity contribution in [3.05, 3.63) is 28.8 Å². The lowest BCUT2D eigenvalue weighted by Crippen LogP contribution is -2.33. The summed E-state index contributed by atoms with van der Waals surface area (Å²) >= 11 is 0. The first-order valence-corrected chi connectivity index (χ1v) is 9.47. The van der Waals surface area contributed by atoms with E-state index < -0.39 is 15.2 Å². The molecule has 3 nitrogen and oxygen atoms in total. The number of hydrogen-bond donors (Lipinski definition) is 3. The molecule has 4 N–H and O–H groups in total. The van der Waals surface area contributed by atoms with Gasteiger partial charge < -0.3 is 15.8 Å². The van der Waals surface area contributed by atoms with E-state index in [0.29, 0.717) is 12.0 Å². The summed E-state index contributed by atoms with van der Waals surface area (Å²) in [5.41, 5.74) is 11.9. The molecule has 0 unspecified atom stereocenters. The maximum atomic E-state index is 9.35. The Morgan fingerprint density at radius 2 is 1.89 bits per heavy atom. The molecule has 0 aliphatic heterocycles. The second kappa shape index (κ2) is 5.72. The van der Waals surface area contributed by atoms with Gasteiger partial charge in [0.1, 0.15) is 8.07 Å². The van der Waals surface area contributed by atoms with E-state index in [1.165, 1.54) is 0 Å². The van der Waals surface area contributed by atoms with Crippen LogP contribution in [0, 0.1) is 18.4 Å². The monoisotopic (exact) mass is 261 g/mol. The highest BCUT2D eigenvalue weighted by Gasteiger charge is 2.17. The minimum absolute atomic E-state index is 0.369. The van der Waals surface area contributed by atoms with E-state index in [2.05, 4.69) is 31.1 Å². The lowest BCUT2D eigenvalue weighted by atomic mass is 9.75. The van der Waals surface area contributed by atoms with Gasteiger partial charge in [0.05, 0.1) is 0 Å². The molecule has 1 aromatic carbocycles. The minimum Gasteiger partial charge on any atom is -0.423 e. The van der Waals surface area contributed by atoms with E-state index >= 15 is 0 Å².